The molecule has 120 valence electrons. The Labute approximate surface area is 145 Å². The highest BCUT2D eigenvalue weighted by atomic mass is 79.9. The van der Waals surface area contributed by atoms with Crippen molar-refractivity contribution in [2.75, 3.05) is 13.1 Å². The monoisotopic (exact) mass is 373 g/mol. The van der Waals surface area contributed by atoms with E-state index >= 15 is 0 Å². The van der Waals surface area contributed by atoms with Crippen LogP contribution in [-0.2, 0) is 6.42 Å². The number of hydrogen-bond acceptors (Lipinski definition) is 2. The average Bonchev–Trinajstić information content (AvgIpc) is 2.58. The first-order valence-corrected chi connectivity index (χ1v) is 8.35. The van der Waals surface area contributed by atoms with Crippen LogP contribution in [0.5, 0.6) is 0 Å². The van der Waals surface area contributed by atoms with Crippen LogP contribution in [0, 0.1) is 0 Å². The van der Waals surface area contributed by atoms with Gasteiger partial charge < -0.3 is 10.2 Å². The fourth-order valence-electron chi connectivity index (χ4n) is 2.12. The summed E-state index contributed by atoms with van der Waals surface area (Å²) in [6, 6.07) is 11.7. The molecular weight excluding hydrogens is 354 g/mol. The molecule has 1 aromatic heterocycles. The van der Waals surface area contributed by atoms with Crippen molar-refractivity contribution in [3.05, 3.63) is 70.6 Å². The Morgan fingerprint density at radius 1 is 1.26 bits per heavy atom. The van der Waals surface area contributed by atoms with Crippen molar-refractivity contribution < 1.29 is 4.79 Å². The normalized spacial score (nSPS) is 10.7. The van der Waals surface area contributed by atoms with Crippen LogP contribution in [0.2, 0.25) is 0 Å². The van der Waals surface area contributed by atoms with Gasteiger partial charge in [0, 0.05) is 36.2 Å². The van der Waals surface area contributed by atoms with Crippen molar-refractivity contribution in [2.24, 2.45) is 0 Å². The first kappa shape index (κ1) is 17.2. The summed E-state index contributed by atoms with van der Waals surface area (Å²) >= 11 is 3.48. The average molecular weight is 374 g/mol. The molecule has 0 unspecified atom stereocenters. The second-order valence-electron chi connectivity index (χ2n) is 4.99. The summed E-state index contributed by atoms with van der Waals surface area (Å²) < 4.78 is 0.996. The van der Waals surface area contributed by atoms with E-state index in [4.69, 9.17) is 0 Å². The van der Waals surface area contributed by atoms with Crippen molar-refractivity contribution in [3.63, 3.8) is 0 Å². The number of amides is 2. The predicted molar refractivity (Wildman–Crippen MR) is 96.9 cm³/mol. The molecule has 5 heteroatoms. The lowest BCUT2D eigenvalue weighted by molar-refractivity contribution is 0.205. The Kier molecular flexibility index (Phi) is 6.81. The minimum absolute atomic E-state index is 0.0927. The molecular formula is C18H20BrN3O. The third-order valence-corrected chi connectivity index (χ3v) is 4.19. The number of pyridine rings is 1. The Morgan fingerprint density at radius 2 is 2.00 bits per heavy atom. The van der Waals surface area contributed by atoms with Gasteiger partial charge >= 0.3 is 6.03 Å². The molecule has 2 aromatic rings. The largest absolute Gasteiger partial charge is 0.324 e. The summed E-state index contributed by atoms with van der Waals surface area (Å²) in [5, 5.41) is 2.82. The van der Waals surface area contributed by atoms with Crippen molar-refractivity contribution >= 4 is 28.0 Å². The molecule has 23 heavy (non-hydrogen) atoms. The number of benzene rings is 1. The van der Waals surface area contributed by atoms with Crippen LogP contribution in [0.3, 0.4) is 0 Å². The SMILES string of the molecule is CCN(CCc1ccncc1)C(=O)N/C=C/c1ccccc1Br. The highest BCUT2D eigenvalue weighted by Crippen LogP contribution is 2.16. The van der Waals surface area contributed by atoms with Crippen LogP contribution >= 0.6 is 15.9 Å². The molecule has 0 aliphatic heterocycles. The van der Waals surface area contributed by atoms with E-state index in [0.717, 1.165) is 16.5 Å². The van der Waals surface area contributed by atoms with E-state index in [2.05, 4.69) is 26.2 Å². The number of carbonyl (C=O) groups excluding carboxylic acids is 1. The maximum atomic E-state index is 12.2. The molecule has 0 fully saturated rings. The number of urea groups is 1. The molecule has 1 heterocycles. The third kappa shape index (κ3) is 5.53. The lowest BCUT2D eigenvalue weighted by Gasteiger charge is -2.20. The van der Waals surface area contributed by atoms with Gasteiger partial charge in [-0.15, -0.1) is 0 Å². The number of carbonyl (C=O) groups is 1. The van der Waals surface area contributed by atoms with Crippen molar-refractivity contribution in [1.82, 2.24) is 15.2 Å². The second kappa shape index (κ2) is 9.10. The smallest absolute Gasteiger partial charge is 0.321 e. The summed E-state index contributed by atoms with van der Waals surface area (Å²) in [7, 11) is 0. The van der Waals surface area contributed by atoms with Gasteiger partial charge in [0.25, 0.3) is 0 Å². The van der Waals surface area contributed by atoms with Gasteiger partial charge in [0.1, 0.15) is 0 Å². The molecule has 1 aromatic carbocycles. The molecule has 1 N–H and O–H groups in total. The maximum Gasteiger partial charge on any atom is 0.321 e. The Hall–Kier alpha value is -2.14. The minimum atomic E-state index is -0.0927. The van der Waals surface area contributed by atoms with Gasteiger partial charge in [-0.3, -0.25) is 4.98 Å². The topological polar surface area (TPSA) is 45.2 Å². The number of nitrogens with one attached hydrogen (secondary N) is 1. The molecule has 2 rings (SSSR count). The molecule has 0 bridgehead atoms. The quantitative estimate of drug-likeness (QED) is 0.828. The summed E-state index contributed by atoms with van der Waals surface area (Å²) in [5.41, 5.74) is 2.20. The van der Waals surface area contributed by atoms with Gasteiger partial charge in [0.2, 0.25) is 0 Å². The van der Waals surface area contributed by atoms with Crippen molar-refractivity contribution in [3.8, 4) is 0 Å². The molecule has 0 spiro atoms. The number of rotatable bonds is 6. The van der Waals surface area contributed by atoms with Gasteiger partial charge in [0.15, 0.2) is 0 Å². The zero-order valence-electron chi connectivity index (χ0n) is 13.1. The van der Waals surface area contributed by atoms with E-state index in [-0.39, 0.29) is 6.03 Å². The zero-order chi connectivity index (χ0) is 16.5. The van der Waals surface area contributed by atoms with Crippen molar-refractivity contribution in [2.45, 2.75) is 13.3 Å². The molecule has 0 atom stereocenters. The molecule has 2 amide bonds. The van der Waals surface area contributed by atoms with Crippen LogP contribution in [0.4, 0.5) is 4.79 Å². The number of halogens is 1. The van der Waals surface area contributed by atoms with Crippen molar-refractivity contribution in [1.29, 1.82) is 0 Å². The highest BCUT2D eigenvalue weighted by molar-refractivity contribution is 9.10. The zero-order valence-corrected chi connectivity index (χ0v) is 14.7. The van der Waals surface area contributed by atoms with E-state index in [9.17, 15) is 4.79 Å². The number of likely N-dealkylation sites (N-methyl/N-ethyl adjacent to an activating group) is 1. The van der Waals surface area contributed by atoms with Crippen LogP contribution in [0.15, 0.2) is 59.5 Å². The maximum absolute atomic E-state index is 12.2. The van der Waals surface area contributed by atoms with Crippen LogP contribution in [-0.4, -0.2) is 29.0 Å². The second-order valence-corrected chi connectivity index (χ2v) is 5.84. The van der Waals surface area contributed by atoms with E-state index in [1.165, 1.54) is 5.56 Å². The van der Waals surface area contributed by atoms with E-state index in [1.54, 1.807) is 23.5 Å². The lowest BCUT2D eigenvalue weighted by atomic mass is 10.2. The van der Waals surface area contributed by atoms with E-state index < -0.39 is 0 Å². The molecule has 0 aliphatic rings. The lowest BCUT2D eigenvalue weighted by Crippen LogP contribution is -2.38. The molecule has 0 aliphatic carbocycles. The van der Waals surface area contributed by atoms with Crippen LogP contribution in [0.1, 0.15) is 18.1 Å². The van der Waals surface area contributed by atoms with E-state index in [1.807, 2.05) is 49.4 Å². The molecule has 0 radical (unpaired) electrons. The minimum Gasteiger partial charge on any atom is -0.324 e. The first-order chi connectivity index (χ1) is 11.2. The Morgan fingerprint density at radius 3 is 2.70 bits per heavy atom. The number of aromatic nitrogens is 1. The fraction of sp³-hybridized carbons (Fsp3) is 0.222. The first-order valence-electron chi connectivity index (χ1n) is 7.56. The number of nitrogens with zero attached hydrogens (tertiary/aromatic N) is 2. The Balaban J connectivity index is 1.86. The highest BCUT2D eigenvalue weighted by Gasteiger charge is 2.09. The molecule has 4 nitrogen and oxygen atoms in total. The van der Waals surface area contributed by atoms with Gasteiger partial charge in [-0.2, -0.15) is 0 Å². The van der Waals surface area contributed by atoms with Gasteiger partial charge in [-0.05, 0) is 48.7 Å². The van der Waals surface area contributed by atoms with Gasteiger partial charge in [-0.25, -0.2) is 4.79 Å². The van der Waals surface area contributed by atoms with Crippen LogP contribution in [0.25, 0.3) is 6.08 Å². The summed E-state index contributed by atoms with van der Waals surface area (Å²) in [6.45, 7) is 3.32. The summed E-state index contributed by atoms with van der Waals surface area (Å²) in [6.07, 6.45) is 7.91. The van der Waals surface area contributed by atoms with Crippen LogP contribution < -0.4 is 5.32 Å². The van der Waals surface area contributed by atoms with Gasteiger partial charge in [-0.1, -0.05) is 34.1 Å². The van der Waals surface area contributed by atoms with Gasteiger partial charge in [0.05, 0.1) is 0 Å². The standard InChI is InChI=1S/C18H20BrN3O/c1-2-22(14-10-15-7-11-20-12-8-15)18(23)21-13-9-16-5-3-4-6-17(16)19/h3-9,11-13H,2,10,14H2,1H3,(H,21,23)/b13-9+. The summed E-state index contributed by atoms with van der Waals surface area (Å²) in [4.78, 5) is 18.0. The summed E-state index contributed by atoms with van der Waals surface area (Å²) in [5.74, 6) is 0. The number of hydrogen-bond donors (Lipinski definition) is 1. The predicted octanol–water partition coefficient (Wildman–Crippen LogP) is 4.09. The third-order valence-electron chi connectivity index (χ3n) is 3.46. The van der Waals surface area contributed by atoms with E-state index in [0.29, 0.717) is 13.1 Å². The Bertz CT molecular complexity index is 658. The fourth-order valence-corrected chi connectivity index (χ4v) is 2.54. The molecule has 0 saturated heterocycles. The molecule has 0 saturated carbocycles.